The number of aryl methyl sites for hydroxylation is 1. The van der Waals surface area contributed by atoms with E-state index in [-0.39, 0.29) is 12.3 Å². The third kappa shape index (κ3) is 2.96. The van der Waals surface area contributed by atoms with E-state index in [4.69, 9.17) is 9.15 Å². The van der Waals surface area contributed by atoms with Crippen LogP contribution in [0.1, 0.15) is 11.1 Å². The molecule has 0 spiro atoms. The molecular formula is C18H17NO3. The number of benzene rings is 2. The van der Waals surface area contributed by atoms with Gasteiger partial charge in [0.25, 0.3) is 0 Å². The molecule has 0 aliphatic heterocycles. The van der Waals surface area contributed by atoms with Crippen LogP contribution >= 0.6 is 0 Å². The molecule has 0 radical (unpaired) electrons. The van der Waals surface area contributed by atoms with E-state index < -0.39 is 0 Å². The first-order valence-electron chi connectivity index (χ1n) is 7.06. The van der Waals surface area contributed by atoms with Crippen molar-refractivity contribution in [3.63, 3.8) is 0 Å². The molecule has 0 aliphatic rings. The number of fused-ring (bicyclic) bond motifs is 1. The van der Waals surface area contributed by atoms with Gasteiger partial charge in [-0.15, -0.1) is 0 Å². The average Bonchev–Trinajstić information content (AvgIpc) is 2.91. The number of anilines is 1. The van der Waals surface area contributed by atoms with Crippen molar-refractivity contribution in [2.45, 2.75) is 13.3 Å². The normalized spacial score (nSPS) is 10.6. The Morgan fingerprint density at radius 3 is 2.68 bits per heavy atom. The van der Waals surface area contributed by atoms with Crippen molar-refractivity contribution in [2.24, 2.45) is 0 Å². The Morgan fingerprint density at radius 2 is 1.95 bits per heavy atom. The smallest absolute Gasteiger partial charge is 0.228 e. The molecule has 0 unspecified atom stereocenters. The average molecular weight is 295 g/mol. The van der Waals surface area contributed by atoms with E-state index in [1.54, 1.807) is 13.4 Å². The molecule has 1 amide bonds. The molecule has 1 N–H and O–H groups in total. The monoisotopic (exact) mass is 295 g/mol. The molecule has 0 fully saturated rings. The van der Waals surface area contributed by atoms with Gasteiger partial charge in [-0.3, -0.25) is 4.79 Å². The summed E-state index contributed by atoms with van der Waals surface area (Å²) in [6, 6.07) is 13.3. The molecule has 3 aromatic rings. The fourth-order valence-electron chi connectivity index (χ4n) is 2.34. The Balaban J connectivity index is 1.77. The van der Waals surface area contributed by atoms with E-state index in [2.05, 4.69) is 5.32 Å². The van der Waals surface area contributed by atoms with Crippen LogP contribution < -0.4 is 10.1 Å². The highest BCUT2D eigenvalue weighted by Gasteiger charge is 2.11. The summed E-state index contributed by atoms with van der Waals surface area (Å²) < 4.78 is 10.7. The summed E-state index contributed by atoms with van der Waals surface area (Å²) in [6.45, 7) is 2.01. The predicted octanol–water partition coefficient (Wildman–Crippen LogP) is 3.93. The van der Waals surface area contributed by atoms with Gasteiger partial charge in [0.15, 0.2) is 0 Å². The van der Waals surface area contributed by atoms with E-state index in [1.165, 1.54) is 0 Å². The Labute approximate surface area is 128 Å². The highest BCUT2D eigenvalue weighted by atomic mass is 16.5. The largest absolute Gasteiger partial charge is 0.497 e. The van der Waals surface area contributed by atoms with Crippen LogP contribution in [0.4, 0.5) is 5.69 Å². The molecule has 1 heterocycles. The van der Waals surface area contributed by atoms with E-state index >= 15 is 0 Å². The van der Waals surface area contributed by atoms with Crippen LogP contribution in [-0.4, -0.2) is 13.0 Å². The van der Waals surface area contributed by atoms with Crippen molar-refractivity contribution in [1.29, 1.82) is 0 Å². The number of amides is 1. The molecule has 2 aromatic carbocycles. The highest BCUT2D eigenvalue weighted by Crippen LogP contribution is 2.26. The van der Waals surface area contributed by atoms with E-state index in [1.807, 2.05) is 49.4 Å². The summed E-state index contributed by atoms with van der Waals surface area (Å²) in [5.74, 6) is 0.670. The second kappa shape index (κ2) is 5.93. The molecule has 3 rings (SSSR count). The van der Waals surface area contributed by atoms with Crippen molar-refractivity contribution in [1.82, 2.24) is 0 Å². The van der Waals surface area contributed by atoms with Gasteiger partial charge in [-0.1, -0.05) is 17.7 Å². The van der Waals surface area contributed by atoms with Crippen molar-refractivity contribution in [2.75, 3.05) is 12.4 Å². The number of furan rings is 1. The highest BCUT2D eigenvalue weighted by molar-refractivity contribution is 5.95. The summed E-state index contributed by atoms with van der Waals surface area (Å²) in [4.78, 5) is 12.2. The first kappa shape index (κ1) is 14.2. The molecule has 0 saturated heterocycles. The molecule has 0 saturated carbocycles. The third-order valence-electron chi connectivity index (χ3n) is 3.55. The zero-order valence-electron chi connectivity index (χ0n) is 12.6. The van der Waals surface area contributed by atoms with Gasteiger partial charge in [0.05, 0.1) is 19.8 Å². The molecule has 0 aliphatic carbocycles. The Morgan fingerprint density at radius 1 is 1.18 bits per heavy atom. The molecule has 1 aromatic heterocycles. The minimum atomic E-state index is -0.0747. The van der Waals surface area contributed by atoms with Crippen LogP contribution in [0.3, 0.4) is 0 Å². The minimum Gasteiger partial charge on any atom is -0.497 e. The van der Waals surface area contributed by atoms with Gasteiger partial charge in [0.1, 0.15) is 11.3 Å². The Kier molecular flexibility index (Phi) is 3.83. The number of rotatable bonds is 4. The maximum Gasteiger partial charge on any atom is 0.228 e. The molecule has 4 heteroatoms. The van der Waals surface area contributed by atoms with Crippen molar-refractivity contribution < 1.29 is 13.9 Å². The van der Waals surface area contributed by atoms with E-state index in [0.29, 0.717) is 0 Å². The van der Waals surface area contributed by atoms with E-state index in [9.17, 15) is 4.79 Å². The number of carbonyl (C=O) groups excluding carboxylic acids is 1. The number of hydrogen-bond acceptors (Lipinski definition) is 3. The first-order chi connectivity index (χ1) is 10.7. The summed E-state index contributed by atoms with van der Waals surface area (Å²) >= 11 is 0. The second-order valence-electron chi connectivity index (χ2n) is 5.21. The fourth-order valence-corrected chi connectivity index (χ4v) is 2.34. The molecule has 0 atom stereocenters. The topological polar surface area (TPSA) is 51.5 Å². The molecule has 0 bridgehead atoms. The van der Waals surface area contributed by atoms with Crippen molar-refractivity contribution in [3.05, 3.63) is 59.9 Å². The zero-order chi connectivity index (χ0) is 15.5. The fraction of sp³-hybridized carbons (Fsp3) is 0.167. The molecule has 112 valence electrons. The summed E-state index contributed by atoms with van der Waals surface area (Å²) in [7, 11) is 1.62. The van der Waals surface area contributed by atoms with Crippen LogP contribution in [0.5, 0.6) is 5.75 Å². The SMILES string of the molecule is COc1ccc2occ(CC(=O)Nc3ccc(C)cc3)c2c1. The standard InChI is InChI=1S/C18H17NO3/c1-12-3-5-14(6-4-12)19-18(20)9-13-11-22-17-8-7-15(21-2)10-16(13)17/h3-8,10-11H,9H2,1-2H3,(H,19,20). The number of nitrogens with one attached hydrogen (secondary N) is 1. The van der Waals surface area contributed by atoms with Crippen LogP contribution in [-0.2, 0) is 11.2 Å². The number of carbonyl (C=O) groups is 1. The third-order valence-corrected chi connectivity index (χ3v) is 3.55. The summed E-state index contributed by atoms with van der Waals surface area (Å²) in [6.07, 6.45) is 1.88. The maximum atomic E-state index is 12.2. The number of methoxy groups -OCH3 is 1. The molecule has 4 nitrogen and oxygen atoms in total. The van der Waals surface area contributed by atoms with Gasteiger partial charge in [-0.25, -0.2) is 0 Å². The van der Waals surface area contributed by atoms with Crippen LogP contribution in [0.2, 0.25) is 0 Å². The zero-order valence-corrected chi connectivity index (χ0v) is 12.6. The van der Waals surface area contributed by atoms with Gasteiger partial charge in [-0.2, -0.15) is 0 Å². The van der Waals surface area contributed by atoms with Crippen molar-refractivity contribution in [3.8, 4) is 5.75 Å². The van der Waals surface area contributed by atoms with E-state index in [0.717, 1.165) is 33.5 Å². The molecular weight excluding hydrogens is 278 g/mol. The number of ether oxygens (including phenoxy) is 1. The van der Waals surface area contributed by atoms with Crippen LogP contribution in [0, 0.1) is 6.92 Å². The second-order valence-corrected chi connectivity index (χ2v) is 5.21. The minimum absolute atomic E-state index is 0.0747. The number of hydrogen-bond donors (Lipinski definition) is 1. The lowest BCUT2D eigenvalue weighted by Crippen LogP contribution is -2.14. The van der Waals surface area contributed by atoms with Gasteiger partial charge in [-0.05, 0) is 37.3 Å². The lowest BCUT2D eigenvalue weighted by molar-refractivity contribution is -0.115. The van der Waals surface area contributed by atoms with Crippen molar-refractivity contribution >= 4 is 22.6 Å². The van der Waals surface area contributed by atoms with Crippen LogP contribution in [0.15, 0.2) is 53.1 Å². The lowest BCUT2D eigenvalue weighted by Gasteiger charge is -2.05. The lowest BCUT2D eigenvalue weighted by atomic mass is 10.1. The first-order valence-corrected chi connectivity index (χ1v) is 7.06. The van der Waals surface area contributed by atoms with Gasteiger partial charge < -0.3 is 14.5 Å². The summed E-state index contributed by atoms with van der Waals surface area (Å²) in [5.41, 5.74) is 3.55. The maximum absolute atomic E-state index is 12.2. The van der Waals surface area contributed by atoms with Gasteiger partial charge in [0, 0.05) is 16.6 Å². The Hall–Kier alpha value is -2.75. The Bertz CT molecular complexity index is 803. The predicted molar refractivity (Wildman–Crippen MR) is 86.3 cm³/mol. The molecule has 22 heavy (non-hydrogen) atoms. The van der Waals surface area contributed by atoms with Crippen LogP contribution in [0.25, 0.3) is 11.0 Å². The quantitative estimate of drug-likeness (QED) is 0.793. The van der Waals surface area contributed by atoms with Gasteiger partial charge >= 0.3 is 0 Å². The van der Waals surface area contributed by atoms with Gasteiger partial charge in [0.2, 0.25) is 5.91 Å². The summed E-state index contributed by atoms with van der Waals surface area (Å²) in [5, 5.41) is 3.79.